The third kappa shape index (κ3) is 2.56. The maximum absolute atomic E-state index is 12.2. The van der Waals surface area contributed by atoms with Crippen LogP contribution in [-0.4, -0.2) is 17.9 Å². The van der Waals surface area contributed by atoms with Gasteiger partial charge in [0.05, 0.1) is 5.56 Å². The maximum atomic E-state index is 12.2. The van der Waals surface area contributed by atoms with Gasteiger partial charge in [0.2, 0.25) is 0 Å². The van der Waals surface area contributed by atoms with E-state index in [4.69, 9.17) is 0 Å². The summed E-state index contributed by atoms with van der Waals surface area (Å²) in [6.45, 7) is 3.92. The molecule has 3 nitrogen and oxygen atoms in total. The summed E-state index contributed by atoms with van der Waals surface area (Å²) in [5.74, 6) is -0.0497. The van der Waals surface area contributed by atoms with Crippen LogP contribution in [0.4, 0.5) is 5.69 Å². The van der Waals surface area contributed by atoms with Crippen LogP contribution in [0.2, 0.25) is 0 Å². The van der Waals surface area contributed by atoms with Crippen LogP contribution in [0.1, 0.15) is 21.6 Å². The number of pyridine rings is 1. The molecule has 2 rings (SSSR count). The Hall–Kier alpha value is -2.16. The highest BCUT2D eigenvalue weighted by Gasteiger charge is 2.13. The first-order chi connectivity index (χ1) is 8.58. The fourth-order valence-electron chi connectivity index (χ4n) is 1.67. The molecule has 18 heavy (non-hydrogen) atoms. The first-order valence-corrected chi connectivity index (χ1v) is 5.85. The van der Waals surface area contributed by atoms with Gasteiger partial charge in [0.25, 0.3) is 5.91 Å². The highest BCUT2D eigenvalue weighted by molar-refractivity contribution is 6.05. The molecule has 1 amide bonds. The van der Waals surface area contributed by atoms with Gasteiger partial charge in [-0.1, -0.05) is 17.7 Å². The maximum Gasteiger partial charge on any atom is 0.259 e. The molecule has 0 aliphatic carbocycles. The molecule has 0 N–H and O–H groups in total. The number of hydrogen-bond donors (Lipinski definition) is 0. The molecule has 3 heteroatoms. The highest BCUT2D eigenvalue weighted by atomic mass is 16.2. The van der Waals surface area contributed by atoms with E-state index in [-0.39, 0.29) is 5.91 Å². The van der Waals surface area contributed by atoms with Crippen LogP contribution in [0, 0.1) is 13.8 Å². The number of amides is 1. The molecule has 0 aliphatic rings. The number of aryl methyl sites for hydroxylation is 2. The summed E-state index contributed by atoms with van der Waals surface area (Å²) in [5.41, 5.74) is 3.57. The fraction of sp³-hybridized carbons (Fsp3) is 0.200. The molecule has 0 fully saturated rings. The van der Waals surface area contributed by atoms with Crippen molar-refractivity contribution in [2.75, 3.05) is 11.9 Å². The third-order valence-electron chi connectivity index (χ3n) is 2.88. The number of benzene rings is 1. The first kappa shape index (κ1) is 12.3. The largest absolute Gasteiger partial charge is 0.311 e. The SMILES string of the molecule is Cc1ccc(N(C)C(=O)c2ccc(C)nc2)cc1. The van der Waals surface area contributed by atoms with Crippen LogP contribution in [-0.2, 0) is 0 Å². The van der Waals surface area contributed by atoms with E-state index in [1.807, 2.05) is 44.2 Å². The normalized spacial score (nSPS) is 10.2. The molecule has 0 unspecified atom stereocenters. The molecule has 92 valence electrons. The van der Waals surface area contributed by atoms with Crippen LogP contribution in [0.5, 0.6) is 0 Å². The van der Waals surface area contributed by atoms with E-state index in [0.717, 1.165) is 11.4 Å². The van der Waals surface area contributed by atoms with Crippen molar-refractivity contribution in [3.05, 3.63) is 59.4 Å². The third-order valence-corrected chi connectivity index (χ3v) is 2.88. The van der Waals surface area contributed by atoms with E-state index in [2.05, 4.69) is 4.98 Å². The van der Waals surface area contributed by atoms with Gasteiger partial charge in [-0.05, 0) is 38.1 Å². The van der Waals surface area contributed by atoms with Crippen LogP contribution >= 0.6 is 0 Å². The Morgan fingerprint density at radius 1 is 1.06 bits per heavy atom. The van der Waals surface area contributed by atoms with E-state index in [1.165, 1.54) is 5.56 Å². The van der Waals surface area contributed by atoms with Crippen molar-refractivity contribution in [2.24, 2.45) is 0 Å². The molecule has 1 aromatic carbocycles. The lowest BCUT2D eigenvalue weighted by atomic mass is 10.2. The lowest BCUT2D eigenvalue weighted by Crippen LogP contribution is -2.26. The summed E-state index contributed by atoms with van der Waals surface area (Å²) in [4.78, 5) is 18.0. The van der Waals surface area contributed by atoms with Crippen LogP contribution in [0.3, 0.4) is 0 Å². The van der Waals surface area contributed by atoms with E-state index in [9.17, 15) is 4.79 Å². The second-order valence-electron chi connectivity index (χ2n) is 4.39. The lowest BCUT2D eigenvalue weighted by Gasteiger charge is -2.17. The van der Waals surface area contributed by atoms with E-state index in [1.54, 1.807) is 24.2 Å². The summed E-state index contributed by atoms with van der Waals surface area (Å²) in [6, 6.07) is 11.5. The predicted octanol–water partition coefficient (Wildman–Crippen LogP) is 2.98. The highest BCUT2D eigenvalue weighted by Crippen LogP contribution is 2.16. The minimum Gasteiger partial charge on any atom is -0.311 e. The number of aromatic nitrogens is 1. The van der Waals surface area contributed by atoms with Crippen molar-refractivity contribution in [1.82, 2.24) is 4.98 Å². The van der Waals surface area contributed by atoms with E-state index in [0.29, 0.717) is 5.56 Å². The second-order valence-corrected chi connectivity index (χ2v) is 4.39. The summed E-state index contributed by atoms with van der Waals surface area (Å²) in [5, 5.41) is 0. The zero-order chi connectivity index (χ0) is 13.1. The van der Waals surface area contributed by atoms with Gasteiger partial charge in [-0.15, -0.1) is 0 Å². The van der Waals surface area contributed by atoms with E-state index >= 15 is 0 Å². The van der Waals surface area contributed by atoms with E-state index < -0.39 is 0 Å². The molecule has 0 radical (unpaired) electrons. The molecule has 0 spiro atoms. The molecule has 0 bridgehead atoms. The molecule has 0 atom stereocenters. The van der Waals surface area contributed by atoms with Gasteiger partial charge >= 0.3 is 0 Å². The summed E-state index contributed by atoms with van der Waals surface area (Å²) in [6.07, 6.45) is 1.61. The Morgan fingerprint density at radius 2 is 1.72 bits per heavy atom. The van der Waals surface area contributed by atoms with Gasteiger partial charge in [0.15, 0.2) is 0 Å². The van der Waals surface area contributed by atoms with Crippen molar-refractivity contribution >= 4 is 11.6 Å². The zero-order valence-corrected chi connectivity index (χ0v) is 10.8. The van der Waals surface area contributed by atoms with Crippen LogP contribution in [0.15, 0.2) is 42.6 Å². The van der Waals surface area contributed by atoms with Crippen molar-refractivity contribution in [3.63, 3.8) is 0 Å². The molecule has 1 aromatic heterocycles. The summed E-state index contributed by atoms with van der Waals surface area (Å²) < 4.78 is 0. The molecular formula is C15H16N2O. The van der Waals surface area contributed by atoms with Gasteiger partial charge < -0.3 is 4.90 Å². The number of anilines is 1. The molecule has 0 saturated carbocycles. The first-order valence-electron chi connectivity index (χ1n) is 5.85. The topological polar surface area (TPSA) is 33.2 Å². The molecule has 2 aromatic rings. The van der Waals surface area contributed by atoms with Gasteiger partial charge in [0, 0.05) is 24.6 Å². The van der Waals surface area contributed by atoms with Gasteiger partial charge in [0.1, 0.15) is 0 Å². The Bertz CT molecular complexity index is 544. The molecule has 0 saturated heterocycles. The average Bonchev–Trinajstić information content (AvgIpc) is 2.39. The van der Waals surface area contributed by atoms with Crippen LogP contribution in [0.25, 0.3) is 0 Å². The second kappa shape index (κ2) is 5.00. The molecule has 1 heterocycles. The van der Waals surface area contributed by atoms with Crippen molar-refractivity contribution < 1.29 is 4.79 Å². The van der Waals surface area contributed by atoms with Crippen molar-refractivity contribution in [3.8, 4) is 0 Å². The quantitative estimate of drug-likeness (QED) is 0.808. The number of nitrogens with zero attached hydrogens (tertiary/aromatic N) is 2. The summed E-state index contributed by atoms with van der Waals surface area (Å²) >= 11 is 0. The fourth-order valence-corrected chi connectivity index (χ4v) is 1.67. The Balaban J connectivity index is 2.23. The minimum absolute atomic E-state index is 0.0497. The Morgan fingerprint density at radius 3 is 2.28 bits per heavy atom. The average molecular weight is 240 g/mol. The van der Waals surface area contributed by atoms with Crippen molar-refractivity contribution in [1.29, 1.82) is 0 Å². The Kier molecular flexibility index (Phi) is 3.42. The number of carbonyl (C=O) groups excluding carboxylic acids is 1. The van der Waals surface area contributed by atoms with Gasteiger partial charge in [-0.2, -0.15) is 0 Å². The van der Waals surface area contributed by atoms with Crippen LogP contribution < -0.4 is 4.90 Å². The number of rotatable bonds is 2. The van der Waals surface area contributed by atoms with Gasteiger partial charge in [-0.3, -0.25) is 9.78 Å². The minimum atomic E-state index is -0.0497. The molecule has 0 aliphatic heterocycles. The Labute approximate surface area is 107 Å². The number of hydrogen-bond acceptors (Lipinski definition) is 2. The monoisotopic (exact) mass is 240 g/mol. The molecular weight excluding hydrogens is 224 g/mol. The summed E-state index contributed by atoms with van der Waals surface area (Å²) in [7, 11) is 1.77. The van der Waals surface area contributed by atoms with Gasteiger partial charge in [-0.25, -0.2) is 0 Å². The number of carbonyl (C=O) groups is 1. The zero-order valence-electron chi connectivity index (χ0n) is 10.8. The van der Waals surface area contributed by atoms with Crippen molar-refractivity contribution in [2.45, 2.75) is 13.8 Å². The smallest absolute Gasteiger partial charge is 0.259 e. The standard InChI is InChI=1S/C15H16N2O/c1-11-4-8-14(9-5-11)17(3)15(18)13-7-6-12(2)16-10-13/h4-10H,1-3H3. The predicted molar refractivity (Wildman–Crippen MR) is 72.9 cm³/mol. The lowest BCUT2D eigenvalue weighted by molar-refractivity contribution is 0.0992.